The van der Waals surface area contributed by atoms with Gasteiger partial charge in [0, 0.05) is 18.1 Å². The minimum absolute atomic E-state index is 0.0560. The maximum absolute atomic E-state index is 12.5. The van der Waals surface area contributed by atoms with E-state index in [-0.39, 0.29) is 25.1 Å². The van der Waals surface area contributed by atoms with Crippen molar-refractivity contribution in [2.75, 3.05) is 13.7 Å². The molecule has 2 amide bonds. The Bertz CT molecular complexity index is 845. The normalized spacial score (nSPS) is 10.8. The van der Waals surface area contributed by atoms with Gasteiger partial charge in [-0.1, -0.05) is 30.3 Å². The summed E-state index contributed by atoms with van der Waals surface area (Å²) in [6.45, 7) is 0.150. The van der Waals surface area contributed by atoms with Crippen LogP contribution in [0.2, 0.25) is 0 Å². The number of carboxylic acids is 1. The Morgan fingerprint density at radius 3 is 2.32 bits per heavy atom. The van der Waals surface area contributed by atoms with E-state index >= 15 is 0 Å². The molecule has 0 aliphatic carbocycles. The first kappa shape index (κ1) is 20.7. The van der Waals surface area contributed by atoms with Gasteiger partial charge in [0.15, 0.2) is 0 Å². The van der Waals surface area contributed by atoms with Crippen LogP contribution < -0.4 is 20.5 Å². The van der Waals surface area contributed by atoms with Crippen molar-refractivity contribution in [3.05, 3.63) is 71.4 Å². The molecular formula is C21H21N2O5-. The van der Waals surface area contributed by atoms with Gasteiger partial charge in [-0.3, -0.25) is 9.59 Å². The average Bonchev–Trinajstić information content (AvgIpc) is 2.71. The zero-order chi connectivity index (χ0) is 20.4. The first-order chi connectivity index (χ1) is 13.5. The number of hydrogen-bond acceptors (Lipinski definition) is 5. The molecule has 0 saturated heterocycles. The quantitative estimate of drug-likeness (QED) is 0.500. The summed E-state index contributed by atoms with van der Waals surface area (Å²) in [5.74, 6) is -1.52. The molecule has 0 aliphatic rings. The molecule has 0 atom stereocenters. The fraction of sp³-hybridized carbons (Fsp3) is 0.190. The fourth-order valence-corrected chi connectivity index (χ4v) is 2.34. The highest BCUT2D eigenvalue weighted by atomic mass is 16.5. The number of carboxylic acid groups (broad SMARTS) is 1. The molecule has 0 saturated carbocycles. The molecule has 2 aromatic carbocycles. The smallest absolute Gasteiger partial charge is 0.267 e. The van der Waals surface area contributed by atoms with Crippen molar-refractivity contribution in [2.45, 2.75) is 12.8 Å². The topological polar surface area (TPSA) is 108 Å². The third-order valence-electron chi connectivity index (χ3n) is 3.80. The lowest BCUT2D eigenvalue weighted by molar-refractivity contribution is -0.305. The van der Waals surface area contributed by atoms with E-state index < -0.39 is 17.8 Å². The molecule has 0 bridgehead atoms. The predicted molar refractivity (Wildman–Crippen MR) is 102 cm³/mol. The summed E-state index contributed by atoms with van der Waals surface area (Å²) in [7, 11) is 1.53. The molecule has 2 N–H and O–H groups in total. The van der Waals surface area contributed by atoms with Crippen molar-refractivity contribution >= 4 is 23.9 Å². The Morgan fingerprint density at radius 2 is 1.71 bits per heavy atom. The van der Waals surface area contributed by atoms with Crippen molar-refractivity contribution in [2.24, 2.45) is 0 Å². The number of rotatable bonds is 9. The van der Waals surface area contributed by atoms with Crippen LogP contribution in [0.4, 0.5) is 0 Å². The van der Waals surface area contributed by atoms with Gasteiger partial charge in [-0.15, -0.1) is 0 Å². The van der Waals surface area contributed by atoms with Gasteiger partial charge in [-0.25, -0.2) is 0 Å². The number of benzene rings is 2. The Morgan fingerprint density at radius 1 is 1.04 bits per heavy atom. The molecule has 0 spiro atoms. The van der Waals surface area contributed by atoms with E-state index in [9.17, 15) is 19.5 Å². The minimum Gasteiger partial charge on any atom is -0.550 e. The summed E-state index contributed by atoms with van der Waals surface area (Å²) in [6, 6.07) is 15.5. The van der Waals surface area contributed by atoms with E-state index in [2.05, 4.69) is 10.6 Å². The Kier molecular flexibility index (Phi) is 7.77. The van der Waals surface area contributed by atoms with E-state index in [0.29, 0.717) is 11.3 Å². The fourth-order valence-electron chi connectivity index (χ4n) is 2.34. The first-order valence-electron chi connectivity index (χ1n) is 8.70. The molecule has 0 aromatic heterocycles. The molecule has 0 fully saturated rings. The average molecular weight is 381 g/mol. The number of carbonyl (C=O) groups is 3. The molecule has 146 valence electrons. The van der Waals surface area contributed by atoms with Crippen LogP contribution in [-0.2, 0) is 9.59 Å². The predicted octanol–water partition coefficient (Wildman–Crippen LogP) is 1.11. The molecule has 0 unspecified atom stereocenters. The van der Waals surface area contributed by atoms with Crippen molar-refractivity contribution in [1.82, 2.24) is 10.6 Å². The number of carbonyl (C=O) groups excluding carboxylic acids is 3. The van der Waals surface area contributed by atoms with E-state index in [0.717, 1.165) is 5.56 Å². The second kappa shape index (κ2) is 10.5. The molecule has 2 aromatic rings. The second-order valence-electron chi connectivity index (χ2n) is 5.88. The van der Waals surface area contributed by atoms with E-state index in [4.69, 9.17) is 4.74 Å². The van der Waals surface area contributed by atoms with Crippen molar-refractivity contribution in [3.8, 4) is 5.75 Å². The Labute approximate surface area is 163 Å². The lowest BCUT2D eigenvalue weighted by Crippen LogP contribution is -2.35. The first-order valence-corrected chi connectivity index (χ1v) is 8.70. The third kappa shape index (κ3) is 6.60. The van der Waals surface area contributed by atoms with E-state index in [1.165, 1.54) is 7.11 Å². The maximum Gasteiger partial charge on any atom is 0.267 e. The van der Waals surface area contributed by atoms with Crippen molar-refractivity contribution in [3.63, 3.8) is 0 Å². The van der Waals surface area contributed by atoms with Gasteiger partial charge in [0.25, 0.3) is 11.8 Å². The van der Waals surface area contributed by atoms with Crippen molar-refractivity contribution < 1.29 is 24.2 Å². The molecule has 0 aliphatic heterocycles. The number of aliphatic carboxylic acids is 1. The molecule has 7 heteroatoms. The highest BCUT2D eigenvalue weighted by molar-refractivity contribution is 6.05. The Balaban J connectivity index is 2.13. The van der Waals surface area contributed by atoms with Gasteiger partial charge in [0.05, 0.1) is 7.11 Å². The van der Waals surface area contributed by atoms with Gasteiger partial charge >= 0.3 is 0 Å². The highest BCUT2D eigenvalue weighted by Crippen LogP contribution is 2.12. The molecule has 0 heterocycles. The number of methoxy groups -OCH3 is 1. The van der Waals surface area contributed by atoms with Crippen LogP contribution in [0.3, 0.4) is 0 Å². The summed E-state index contributed by atoms with van der Waals surface area (Å²) in [5, 5.41) is 15.7. The van der Waals surface area contributed by atoms with Gasteiger partial charge in [-0.05, 0) is 48.7 Å². The van der Waals surface area contributed by atoms with E-state index in [1.54, 1.807) is 42.5 Å². The van der Waals surface area contributed by atoms with E-state index in [1.807, 2.05) is 18.2 Å². The largest absolute Gasteiger partial charge is 0.550 e. The van der Waals surface area contributed by atoms with Crippen LogP contribution in [0.15, 0.2) is 60.3 Å². The molecule has 0 radical (unpaired) electrons. The summed E-state index contributed by atoms with van der Waals surface area (Å²) in [6.07, 6.45) is 1.63. The summed E-state index contributed by atoms with van der Waals surface area (Å²) in [5.41, 5.74) is 1.15. The van der Waals surface area contributed by atoms with Gasteiger partial charge in [0.2, 0.25) is 0 Å². The molecule has 2 rings (SSSR count). The summed E-state index contributed by atoms with van der Waals surface area (Å²) in [4.78, 5) is 35.5. The Hall–Kier alpha value is -3.61. The van der Waals surface area contributed by atoms with Crippen LogP contribution in [0.5, 0.6) is 5.75 Å². The van der Waals surface area contributed by atoms with Gasteiger partial charge in [-0.2, -0.15) is 0 Å². The maximum atomic E-state index is 12.5. The monoisotopic (exact) mass is 381 g/mol. The van der Waals surface area contributed by atoms with Crippen LogP contribution in [0.1, 0.15) is 28.8 Å². The third-order valence-corrected chi connectivity index (χ3v) is 3.80. The van der Waals surface area contributed by atoms with Gasteiger partial charge in [0.1, 0.15) is 11.4 Å². The summed E-state index contributed by atoms with van der Waals surface area (Å²) >= 11 is 0. The van der Waals surface area contributed by atoms with Crippen molar-refractivity contribution in [1.29, 1.82) is 0 Å². The van der Waals surface area contributed by atoms with Crippen LogP contribution in [0.25, 0.3) is 6.08 Å². The number of hydrogen-bond donors (Lipinski definition) is 2. The lowest BCUT2D eigenvalue weighted by atomic mass is 10.1. The second-order valence-corrected chi connectivity index (χ2v) is 5.88. The zero-order valence-electron chi connectivity index (χ0n) is 15.4. The standard InChI is InChI=1S/C21H22N2O5/c1-28-17-11-9-16(10-12-17)20(26)23-18(14-15-6-3-2-4-7-15)21(27)22-13-5-8-19(24)25/h2-4,6-7,9-12,14H,5,8,13H2,1H3,(H,22,27)(H,23,26)(H,24,25)/p-1/b18-14-. The van der Waals surface area contributed by atoms with Crippen LogP contribution in [-0.4, -0.2) is 31.4 Å². The highest BCUT2D eigenvalue weighted by Gasteiger charge is 2.14. The lowest BCUT2D eigenvalue weighted by Gasteiger charge is -2.12. The zero-order valence-corrected chi connectivity index (χ0v) is 15.4. The molecule has 28 heavy (non-hydrogen) atoms. The SMILES string of the molecule is COc1ccc(C(=O)N/C(=C\c2ccccc2)C(=O)NCCCC(=O)[O-])cc1. The molecular weight excluding hydrogens is 360 g/mol. The minimum atomic E-state index is -1.18. The van der Waals surface area contributed by atoms with Gasteiger partial charge < -0.3 is 25.3 Å². The van der Waals surface area contributed by atoms with Crippen LogP contribution >= 0.6 is 0 Å². The number of amides is 2. The molecule has 7 nitrogen and oxygen atoms in total. The number of nitrogens with one attached hydrogen (secondary N) is 2. The van der Waals surface area contributed by atoms with Crippen LogP contribution in [0, 0.1) is 0 Å². The number of ether oxygens (including phenoxy) is 1. The summed E-state index contributed by atoms with van der Waals surface area (Å²) < 4.78 is 5.07.